The normalized spacial score (nSPS) is 14.5. The van der Waals surface area contributed by atoms with E-state index in [0.717, 1.165) is 4.68 Å². The van der Waals surface area contributed by atoms with E-state index in [9.17, 15) is 13.2 Å². The standard InChI is InChI=1S/C6H7F3IN3/c7-6(8,9)5(1-11)13-3-4(10)2-12-13/h2-3,5H,1,11H2. The van der Waals surface area contributed by atoms with Crippen LogP contribution in [0.2, 0.25) is 0 Å². The molecule has 13 heavy (non-hydrogen) atoms. The monoisotopic (exact) mass is 305 g/mol. The Morgan fingerprint density at radius 3 is 2.54 bits per heavy atom. The maximum absolute atomic E-state index is 12.3. The Balaban J connectivity index is 2.91. The smallest absolute Gasteiger partial charge is 0.328 e. The Kier molecular flexibility index (Phi) is 3.17. The van der Waals surface area contributed by atoms with Gasteiger partial charge in [-0.25, -0.2) is 0 Å². The van der Waals surface area contributed by atoms with Gasteiger partial charge in [0.15, 0.2) is 6.04 Å². The van der Waals surface area contributed by atoms with Crippen molar-refractivity contribution in [2.75, 3.05) is 6.54 Å². The third-order valence-electron chi connectivity index (χ3n) is 1.49. The Morgan fingerprint density at radius 2 is 2.23 bits per heavy atom. The second kappa shape index (κ2) is 3.82. The van der Waals surface area contributed by atoms with Crippen molar-refractivity contribution in [3.63, 3.8) is 0 Å². The van der Waals surface area contributed by atoms with Crippen molar-refractivity contribution in [1.29, 1.82) is 0 Å². The van der Waals surface area contributed by atoms with Gasteiger partial charge in [-0.1, -0.05) is 0 Å². The van der Waals surface area contributed by atoms with Crippen molar-refractivity contribution < 1.29 is 13.2 Å². The molecule has 0 aliphatic heterocycles. The van der Waals surface area contributed by atoms with Crippen LogP contribution in [0.5, 0.6) is 0 Å². The van der Waals surface area contributed by atoms with Crippen molar-refractivity contribution in [2.24, 2.45) is 5.73 Å². The number of rotatable bonds is 2. The van der Waals surface area contributed by atoms with E-state index in [0.29, 0.717) is 3.57 Å². The molecule has 0 saturated heterocycles. The zero-order chi connectivity index (χ0) is 10.1. The average Bonchev–Trinajstić information content (AvgIpc) is 2.34. The third-order valence-corrected chi connectivity index (χ3v) is 2.05. The van der Waals surface area contributed by atoms with Gasteiger partial charge < -0.3 is 5.73 Å². The first-order valence-electron chi connectivity index (χ1n) is 3.41. The van der Waals surface area contributed by atoms with Gasteiger partial charge in [-0.2, -0.15) is 18.3 Å². The number of aromatic nitrogens is 2. The number of nitrogens with two attached hydrogens (primary N) is 1. The molecule has 2 N–H and O–H groups in total. The van der Waals surface area contributed by atoms with Crippen molar-refractivity contribution in [3.8, 4) is 0 Å². The summed E-state index contributed by atoms with van der Waals surface area (Å²) in [6.45, 7) is -0.499. The van der Waals surface area contributed by atoms with Gasteiger partial charge in [0.2, 0.25) is 0 Å². The van der Waals surface area contributed by atoms with Crippen LogP contribution in [-0.4, -0.2) is 22.5 Å². The van der Waals surface area contributed by atoms with Crippen LogP contribution in [0.3, 0.4) is 0 Å². The Morgan fingerprint density at radius 1 is 1.62 bits per heavy atom. The van der Waals surface area contributed by atoms with Crippen LogP contribution in [0.4, 0.5) is 13.2 Å². The molecule has 0 bridgehead atoms. The minimum absolute atomic E-state index is 0.499. The fraction of sp³-hybridized carbons (Fsp3) is 0.500. The Labute approximate surface area is 86.2 Å². The molecule has 0 aliphatic carbocycles. The van der Waals surface area contributed by atoms with E-state index >= 15 is 0 Å². The van der Waals surface area contributed by atoms with Gasteiger partial charge in [0.1, 0.15) is 0 Å². The predicted molar refractivity (Wildman–Crippen MR) is 49.1 cm³/mol. The first-order valence-corrected chi connectivity index (χ1v) is 4.49. The van der Waals surface area contributed by atoms with E-state index in [2.05, 4.69) is 5.10 Å². The molecule has 1 aromatic rings. The molecule has 0 saturated carbocycles. The van der Waals surface area contributed by atoms with Crippen LogP contribution in [0.25, 0.3) is 0 Å². The molecule has 1 rings (SSSR count). The highest BCUT2D eigenvalue weighted by atomic mass is 127. The first-order chi connectivity index (χ1) is 5.95. The molecule has 3 nitrogen and oxygen atoms in total. The van der Waals surface area contributed by atoms with Gasteiger partial charge in [0, 0.05) is 12.7 Å². The number of hydrogen-bond donors (Lipinski definition) is 1. The van der Waals surface area contributed by atoms with Gasteiger partial charge in [-0.3, -0.25) is 4.68 Å². The molecular formula is C6H7F3IN3. The van der Waals surface area contributed by atoms with Gasteiger partial charge in [-0.15, -0.1) is 0 Å². The summed E-state index contributed by atoms with van der Waals surface area (Å²) in [5.41, 5.74) is 5.02. The second-order valence-corrected chi connectivity index (χ2v) is 3.68. The van der Waals surface area contributed by atoms with E-state index in [4.69, 9.17) is 5.73 Å². The van der Waals surface area contributed by atoms with Crippen LogP contribution in [0, 0.1) is 3.57 Å². The molecule has 0 amide bonds. The number of nitrogens with zero attached hydrogens (tertiary/aromatic N) is 2. The van der Waals surface area contributed by atoms with E-state index in [1.807, 2.05) is 22.6 Å². The van der Waals surface area contributed by atoms with Gasteiger partial charge in [0.05, 0.1) is 9.77 Å². The van der Waals surface area contributed by atoms with Crippen LogP contribution >= 0.6 is 22.6 Å². The Bertz CT molecular complexity index is 283. The van der Waals surface area contributed by atoms with Crippen LogP contribution < -0.4 is 5.73 Å². The zero-order valence-electron chi connectivity index (χ0n) is 6.42. The van der Waals surface area contributed by atoms with Gasteiger partial charge in [0.25, 0.3) is 0 Å². The number of halogens is 4. The molecular weight excluding hydrogens is 298 g/mol. The summed E-state index contributed by atoms with van der Waals surface area (Å²) < 4.78 is 38.3. The topological polar surface area (TPSA) is 43.8 Å². The second-order valence-electron chi connectivity index (χ2n) is 2.43. The minimum atomic E-state index is -4.34. The highest BCUT2D eigenvalue weighted by Gasteiger charge is 2.40. The minimum Gasteiger partial charge on any atom is -0.328 e. The number of alkyl halides is 3. The summed E-state index contributed by atoms with van der Waals surface area (Å²) >= 11 is 1.89. The Hall–Kier alpha value is -0.310. The molecule has 0 aliphatic rings. The lowest BCUT2D eigenvalue weighted by Crippen LogP contribution is -2.33. The first kappa shape index (κ1) is 10.8. The lowest BCUT2D eigenvalue weighted by molar-refractivity contribution is -0.167. The van der Waals surface area contributed by atoms with Crippen molar-refractivity contribution in [1.82, 2.24) is 9.78 Å². The molecule has 74 valence electrons. The van der Waals surface area contributed by atoms with E-state index in [-0.39, 0.29) is 0 Å². The third kappa shape index (κ3) is 2.56. The zero-order valence-corrected chi connectivity index (χ0v) is 8.58. The maximum Gasteiger partial charge on any atom is 0.412 e. The molecule has 1 atom stereocenters. The molecule has 0 radical (unpaired) electrons. The molecule has 1 heterocycles. The van der Waals surface area contributed by atoms with Gasteiger partial charge in [-0.05, 0) is 22.6 Å². The molecule has 7 heteroatoms. The fourth-order valence-electron chi connectivity index (χ4n) is 0.877. The summed E-state index contributed by atoms with van der Waals surface area (Å²) in [4.78, 5) is 0. The van der Waals surface area contributed by atoms with Crippen LogP contribution in [0.1, 0.15) is 6.04 Å². The van der Waals surface area contributed by atoms with E-state index in [1.54, 1.807) is 0 Å². The quantitative estimate of drug-likeness (QED) is 0.843. The predicted octanol–water partition coefficient (Wildman–Crippen LogP) is 1.55. The summed E-state index contributed by atoms with van der Waals surface area (Å²) in [6, 6.07) is -1.73. The molecule has 0 aromatic carbocycles. The maximum atomic E-state index is 12.3. The van der Waals surface area contributed by atoms with Crippen LogP contribution in [0.15, 0.2) is 12.4 Å². The largest absolute Gasteiger partial charge is 0.412 e. The van der Waals surface area contributed by atoms with Crippen molar-refractivity contribution in [2.45, 2.75) is 12.2 Å². The molecule has 1 unspecified atom stereocenters. The molecule has 1 aromatic heterocycles. The lowest BCUT2D eigenvalue weighted by Gasteiger charge is -2.18. The summed E-state index contributed by atoms with van der Waals surface area (Å²) in [5, 5.41) is 3.56. The summed E-state index contributed by atoms with van der Waals surface area (Å²) in [5.74, 6) is 0. The highest BCUT2D eigenvalue weighted by molar-refractivity contribution is 14.1. The highest BCUT2D eigenvalue weighted by Crippen LogP contribution is 2.29. The summed E-state index contributed by atoms with van der Waals surface area (Å²) in [6.07, 6.45) is -1.68. The molecule has 0 fully saturated rings. The van der Waals surface area contributed by atoms with Crippen LogP contribution in [-0.2, 0) is 0 Å². The van der Waals surface area contributed by atoms with Crippen molar-refractivity contribution >= 4 is 22.6 Å². The van der Waals surface area contributed by atoms with Gasteiger partial charge >= 0.3 is 6.18 Å². The van der Waals surface area contributed by atoms with E-state index in [1.165, 1.54) is 12.4 Å². The average molecular weight is 305 g/mol. The van der Waals surface area contributed by atoms with E-state index < -0.39 is 18.8 Å². The summed E-state index contributed by atoms with van der Waals surface area (Å²) in [7, 11) is 0. The van der Waals surface area contributed by atoms with Crippen molar-refractivity contribution in [3.05, 3.63) is 16.0 Å². The lowest BCUT2D eigenvalue weighted by atomic mass is 10.3. The molecule has 0 spiro atoms. The number of hydrogen-bond acceptors (Lipinski definition) is 2. The fourth-order valence-corrected chi connectivity index (χ4v) is 1.29. The SMILES string of the molecule is NCC(n1cc(I)cn1)C(F)(F)F.